The Kier molecular flexibility index (Phi) is 5.06. The van der Waals surface area contributed by atoms with Crippen LogP contribution in [0.15, 0.2) is 36.7 Å². The van der Waals surface area contributed by atoms with Crippen LogP contribution in [0.25, 0.3) is 22.7 Å². The van der Waals surface area contributed by atoms with Crippen LogP contribution in [0.5, 0.6) is 0 Å². The molecule has 1 unspecified atom stereocenters. The van der Waals surface area contributed by atoms with Crippen molar-refractivity contribution in [3.8, 4) is 11.4 Å². The summed E-state index contributed by atoms with van der Waals surface area (Å²) in [6.45, 7) is 3.33. The molecule has 0 fully saturated rings. The highest BCUT2D eigenvalue weighted by atomic mass is 19.1. The number of nitrogens with one attached hydrogen (secondary N) is 1. The van der Waals surface area contributed by atoms with Crippen LogP contribution in [0, 0.1) is 5.82 Å². The molecule has 1 aliphatic rings. The first-order valence-corrected chi connectivity index (χ1v) is 9.24. The summed E-state index contributed by atoms with van der Waals surface area (Å²) in [6, 6.07) is 4.87. The van der Waals surface area contributed by atoms with Crippen molar-refractivity contribution in [3.63, 3.8) is 0 Å². The van der Waals surface area contributed by atoms with Gasteiger partial charge in [-0.1, -0.05) is 6.08 Å². The highest BCUT2D eigenvalue weighted by molar-refractivity contribution is 5.67. The number of fused-ring (bicyclic) bond motifs is 1. The molecule has 146 valence electrons. The van der Waals surface area contributed by atoms with E-state index in [4.69, 9.17) is 4.74 Å². The lowest BCUT2D eigenvalue weighted by Crippen LogP contribution is -2.32. The van der Waals surface area contributed by atoms with Crippen molar-refractivity contribution in [2.75, 3.05) is 32.6 Å². The Bertz CT molecular complexity index is 1030. The van der Waals surface area contributed by atoms with E-state index in [9.17, 15) is 4.39 Å². The van der Waals surface area contributed by atoms with Crippen molar-refractivity contribution in [2.24, 2.45) is 0 Å². The molecule has 0 bridgehead atoms. The van der Waals surface area contributed by atoms with Gasteiger partial charge in [-0.25, -0.2) is 13.9 Å². The summed E-state index contributed by atoms with van der Waals surface area (Å²) < 4.78 is 21.4. The van der Waals surface area contributed by atoms with Crippen molar-refractivity contribution in [3.05, 3.63) is 48.0 Å². The van der Waals surface area contributed by atoms with Gasteiger partial charge in [-0.3, -0.25) is 4.90 Å². The summed E-state index contributed by atoms with van der Waals surface area (Å²) in [5, 5.41) is 7.79. The average molecular weight is 382 g/mol. The summed E-state index contributed by atoms with van der Waals surface area (Å²) in [5.41, 5.74) is 3.29. The molecule has 0 radical (unpaired) electrons. The third kappa shape index (κ3) is 3.74. The molecule has 1 aromatic carbocycles. The van der Waals surface area contributed by atoms with Crippen LogP contribution in [-0.4, -0.2) is 58.0 Å². The van der Waals surface area contributed by atoms with E-state index in [-0.39, 0.29) is 12.0 Å². The molecule has 1 N–H and O–H groups in total. The maximum Gasteiger partial charge on any atom is 0.252 e. The molecule has 8 heteroatoms. The van der Waals surface area contributed by atoms with Crippen molar-refractivity contribution in [1.82, 2.24) is 24.5 Å². The molecular formula is C20H23FN6O. The average Bonchev–Trinajstić information content (AvgIpc) is 3.13. The SMILES string of the molecule is CC(Nc1ccc(F)c(-c2nc3ncc(C4=CCOCC4)cn3n2)c1)N(C)C. The molecule has 3 heterocycles. The van der Waals surface area contributed by atoms with Gasteiger partial charge in [0.2, 0.25) is 0 Å². The van der Waals surface area contributed by atoms with Gasteiger partial charge in [0.05, 0.1) is 24.9 Å². The lowest BCUT2D eigenvalue weighted by molar-refractivity contribution is 0.161. The van der Waals surface area contributed by atoms with Crippen molar-refractivity contribution in [1.29, 1.82) is 0 Å². The van der Waals surface area contributed by atoms with Gasteiger partial charge < -0.3 is 10.1 Å². The fraction of sp³-hybridized carbons (Fsp3) is 0.350. The quantitative estimate of drug-likeness (QED) is 0.684. The van der Waals surface area contributed by atoms with Gasteiger partial charge in [0.25, 0.3) is 5.78 Å². The molecule has 1 aliphatic heterocycles. The normalized spacial score (nSPS) is 15.7. The standard InChI is InChI=1S/C20H23FN6O/c1-13(26(2)3)23-16-4-5-18(21)17(10-16)19-24-20-22-11-15(12-27(20)25-19)14-6-8-28-9-7-14/h4-6,10-13,23H,7-9H2,1-3H3. The molecule has 0 aliphatic carbocycles. The fourth-order valence-electron chi connectivity index (χ4n) is 3.01. The van der Waals surface area contributed by atoms with E-state index in [1.165, 1.54) is 11.6 Å². The highest BCUT2D eigenvalue weighted by Crippen LogP contribution is 2.25. The van der Waals surface area contributed by atoms with Crippen LogP contribution < -0.4 is 5.32 Å². The number of ether oxygens (including phenoxy) is 1. The third-order valence-corrected chi connectivity index (χ3v) is 4.89. The second-order valence-corrected chi connectivity index (χ2v) is 7.06. The first-order chi connectivity index (χ1) is 13.5. The van der Waals surface area contributed by atoms with Gasteiger partial charge in [-0.15, -0.1) is 5.10 Å². The number of aromatic nitrogens is 4. The van der Waals surface area contributed by atoms with E-state index in [1.54, 1.807) is 22.8 Å². The van der Waals surface area contributed by atoms with E-state index in [0.29, 0.717) is 30.4 Å². The fourth-order valence-corrected chi connectivity index (χ4v) is 3.01. The molecule has 0 saturated carbocycles. The molecule has 3 aromatic rings. The maximum absolute atomic E-state index is 14.5. The number of hydrogen-bond donors (Lipinski definition) is 1. The van der Waals surface area contributed by atoms with Gasteiger partial charge in [0, 0.05) is 23.6 Å². The van der Waals surface area contributed by atoms with Crippen LogP contribution >= 0.6 is 0 Å². The van der Waals surface area contributed by atoms with Gasteiger partial charge in [-0.2, -0.15) is 4.98 Å². The number of benzene rings is 1. The number of anilines is 1. The lowest BCUT2D eigenvalue weighted by Gasteiger charge is -2.22. The van der Waals surface area contributed by atoms with E-state index >= 15 is 0 Å². The molecule has 0 spiro atoms. The summed E-state index contributed by atoms with van der Waals surface area (Å²) in [5.74, 6) is 0.376. The summed E-state index contributed by atoms with van der Waals surface area (Å²) >= 11 is 0. The summed E-state index contributed by atoms with van der Waals surface area (Å²) in [4.78, 5) is 10.8. The molecule has 2 aromatic heterocycles. The van der Waals surface area contributed by atoms with Crippen LogP contribution in [-0.2, 0) is 4.74 Å². The molecule has 28 heavy (non-hydrogen) atoms. The molecular weight excluding hydrogens is 359 g/mol. The van der Waals surface area contributed by atoms with Gasteiger partial charge in [0.1, 0.15) is 5.82 Å². The maximum atomic E-state index is 14.5. The zero-order chi connectivity index (χ0) is 19.7. The van der Waals surface area contributed by atoms with Crippen molar-refractivity contribution >= 4 is 17.0 Å². The second-order valence-electron chi connectivity index (χ2n) is 7.06. The van der Waals surface area contributed by atoms with Crippen LogP contribution in [0.1, 0.15) is 18.9 Å². The molecule has 7 nitrogen and oxygen atoms in total. The summed E-state index contributed by atoms with van der Waals surface area (Å²) in [7, 11) is 3.95. The van der Waals surface area contributed by atoms with E-state index in [0.717, 1.165) is 17.7 Å². The number of halogens is 1. The first kappa shape index (κ1) is 18.5. The molecule has 0 saturated heterocycles. The molecule has 0 amide bonds. The highest BCUT2D eigenvalue weighted by Gasteiger charge is 2.15. The molecule has 4 rings (SSSR count). The Morgan fingerprint density at radius 2 is 2.18 bits per heavy atom. The molecule has 1 atom stereocenters. The van der Waals surface area contributed by atoms with E-state index < -0.39 is 0 Å². The summed E-state index contributed by atoms with van der Waals surface area (Å²) in [6.07, 6.45) is 6.64. The van der Waals surface area contributed by atoms with E-state index in [1.807, 2.05) is 38.2 Å². The Balaban J connectivity index is 1.68. The minimum absolute atomic E-state index is 0.101. The van der Waals surface area contributed by atoms with Gasteiger partial charge in [0.15, 0.2) is 5.82 Å². The number of nitrogens with zero attached hydrogens (tertiary/aromatic N) is 5. The topological polar surface area (TPSA) is 67.6 Å². The monoisotopic (exact) mass is 382 g/mol. The Labute approximate surface area is 162 Å². The number of rotatable bonds is 5. The lowest BCUT2D eigenvalue weighted by atomic mass is 10.1. The van der Waals surface area contributed by atoms with Gasteiger partial charge in [-0.05, 0) is 51.2 Å². The smallest absolute Gasteiger partial charge is 0.252 e. The third-order valence-electron chi connectivity index (χ3n) is 4.89. The number of hydrogen-bond acceptors (Lipinski definition) is 6. The Morgan fingerprint density at radius 1 is 1.32 bits per heavy atom. The van der Waals surface area contributed by atoms with Crippen LogP contribution in [0.2, 0.25) is 0 Å². The second kappa shape index (κ2) is 7.65. The predicted octanol–water partition coefficient (Wildman–Crippen LogP) is 3.05. The predicted molar refractivity (Wildman–Crippen MR) is 106 cm³/mol. The van der Waals surface area contributed by atoms with E-state index in [2.05, 4.69) is 20.4 Å². The van der Waals surface area contributed by atoms with Crippen molar-refractivity contribution in [2.45, 2.75) is 19.5 Å². The zero-order valence-electron chi connectivity index (χ0n) is 16.2. The minimum Gasteiger partial charge on any atom is -0.377 e. The Morgan fingerprint density at radius 3 is 2.93 bits per heavy atom. The largest absolute Gasteiger partial charge is 0.377 e. The van der Waals surface area contributed by atoms with Gasteiger partial charge >= 0.3 is 0 Å². The van der Waals surface area contributed by atoms with Crippen LogP contribution in [0.4, 0.5) is 10.1 Å². The minimum atomic E-state index is -0.369. The van der Waals surface area contributed by atoms with Crippen LogP contribution in [0.3, 0.4) is 0 Å². The zero-order valence-corrected chi connectivity index (χ0v) is 16.2. The Hall–Kier alpha value is -2.84. The first-order valence-electron chi connectivity index (χ1n) is 9.24. The van der Waals surface area contributed by atoms with Crippen molar-refractivity contribution < 1.29 is 9.13 Å².